The van der Waals surface area contributed by atoms with Crippen molar-refractivity contribution in [2.45, 2.75) is 13.8 Å². The van der Waals surface area contributed by atoms with Gasteiger partial charge in [0.1, 0.15) is 17.4 Å². The molecule has 1 aliphatic heterocycles. The van der Waals surface area contributed by atoms with Gasteiger partial charge in [-0.15, -0.1) is 0 Å². The van der Waals surface area contributed by atoms with Crippen molar-refractivity contribution in [1.29, 1.82) is 5.26 Å². The van der Waals surface area contributed by atoms with E-state index in [1.807, 2.05) is 48.7 Å². The lowest BCUT2D eigenvalue weighted by Gasteiger charge is -2.10. The summed E-state index contributed by atoms with van der Waals surface area (Å²) in [5, 5.41) is 21.5. The van der Waals surface area contributed by atoms with Crippen LogP contribution in [0.5, 0.6) is 17.2 Å². The van der Waals surface area contributed by atoms with E-state index in [0.717, 1.165) is 22.6 Å². The predicted molar refractivity (Wildman–Crippen MR) is 112 cm³/mol. The van der Waals surface area contributed by atoms with E-state index in [9.17, 15) is 15.2 Å². The number of aromatic hydroxyl groups is 1. The van der Waals surface area contributed by atoms with Crippen molar-refractivity contribution >= 4 is 17.7 Å². The summed E-state index contributed by atoms with van der Waals surface area (Å²) in [5.41, 5.74) is 3.98. The Kier molecular flexibility index (Phi) is 4.90. The Morgan fingerprint density at radius 2 is 1.87 bits per heavy atom. The number of nitrogens with one attached hydrogen (secondary N) is 1. The van der Waals surface area contributed by atoms with E-state index in [4.69, 9.17) is 9.47 Å². The molecule has 0 spiro atoms. The molecule has 150 valence electrons. The minimum Gasteiger partial charge on any atom is -0.508 e. The SMILES string of the molecule is Cc1cc(/C=C(\C#N)C(=O)Nc2ccc(O)cc2)c(C)n1-c1ccc2c(c1)OCO2. The monoisotopic (exact) mass is 401 g/mol. The molecule has 0 saturated heterocycles. The largest absolute Gasteiger partial charge is 0.508 e. The fraction of sp³-hybridized carbons (Fsp3) is 0.130. The number of carbonyl (C=O) groups is 1. The van der Waals surface area contributed by atoms with Crippen molar-refractivity contribution in [3.8, 4) is 29.0 Å². The highest BCUT2D eigenvalue weighted by Crippen LogP contribution is 2.35. The van der Waals surface area contributed by atoms with Crippen molar-refractivity contribution in [3.05, 3.63) is 71.1 Å². The Hall–Kier alpha value is -4.18. The van der Waals surface area contributed by atoms with Crippen LogP contribution in [-0.4, -0.2) is 22.4 Å². The second-order valence-corrected chi connectivity index (χ2v) is 6.87. The van der Waals surface area contributed by atoms with Crippen LogP contribution in [0.1, 0.15) is 17.0 Å². The molecule has 3 aromatic rings. The van der Waals surface area contributed by atoms with Gasteiger partial charge in [0.2, 0.25) is 6.79 Å². The third kappa shape index (κ3) is 3.59. The number of amides is 1. The summed E-state index contributed by atoms with van der Waals surface area (Å²) >= 11 is 0. The number of aryl methyl sites for hydroxylation is 1. The van der Waals surface area contributed by atoms with Gasteiger partial charge in [0.15, 0.2) is 11.5 Å². The average molecular weight is 401 g/mol. The standard InChI is InChI=1S/C23H19N3O4/c1-14-9-16(10-17(12-24)23(28)25-18-3-6-20(27)7-4-18)15(2)26(14)19-5-8-21-22(11-19)30-13-29-21/h3-11,27H,13H2,1-2H3,(H,25,28)/b17-10+. The van der Waals surface area contributed by atoms with Gasteiger partial charge >= 0.3 is 0 Å². The predicted octanol–water partition coefficient (Wildman–Crippen LogP) is 4.07. The van der Waals surface area contributed by atoms with Crippen LogP contribution >= 0.6 is 0 Å². The van der Waals surface area contributed by atoms with E-state index in [-0.39, 0.29) is 18.1 Å². The van der Waals surface area contributed by atoms with Crippen molar-refractivity contribution in [2.24, 2.45) is 0 Å². The highest BCUT2D eigenvalue weighted by molar-refractivity contribution is 6.09. The van der Waals surface area contributed by atoms with Crippen molar-refractivity contribution in [1.82, 2.24) is 4.57 Å². The van der Waals surface area contributed by atoms with Gasteiger partial charge in [-0.25, -0.2) is 0 Å². The molecule has 0 unspecified atom stereocenters. The summed E-state index contributed by atoms with van der Waals surface area (Å²) in [4.78, 5) is 12.5. The van der Waals surface area contributed by atoms with E-state index in [1.165, 1.54) is 12.1 Å². The highest BCUT2D eigenvalue weighted by Gasteiger charge is 2.17. The van der Waals surface area contributed by atoms with Crippen LogP contribution in [-0.2, 0) is 4.79 Å². The number of phenolic OH excluding ortho intramolecular Hbond substituents is 1. The first-order chi connectivity index (χ1) is 14.5. The first-order valence-corrected chi connectivity index (χ1v) is 9.27. The molecule has 2 aromatic carbocycles. The van der Waals surface area contributed by atoms with Crippen LogP contribution in [0.2, 0.25) is 0 Å². The first kappa shape index (κ1) is 19.2. The van der Waals surface area contributed by atoms with Crippen LogP contribution in [0.3, 0.4) is 0 Å². The van der Waals surface area contributed by atoms with E-state index in [1.54, 1.807) is 18.2 Å². The summed E-state index contributed by atoms with van der Waals surface area (Å²) in [5.74, 6) is 0.971. The summed E-state index contributed by atoms with van der Waals surface area (Å²) < 4.78 is 12.9. The third-order valence-corrected chi connectivity index (χ3v) is 4.87. The number of rotatable bonds is 4. The number of aromatic nitrogens is 1. The summed E-state index contributed by atoms with van der Waals surface area (Å²) in [6.45, 7) is 4.09. The number of nitriles is 1. The molecule has 2 N–H and O–H groups in total. The normalized spacial score (nSPS) is 12.5. The maximum Gasteiger partial charge on any atom is 0.266 e. The molecule has 30 heavy (non-hydrogen) atoms. The number of nitrogens with zero attached hydrogens (tertiary/aromatic N) is 2. The lowest BCUT2D eigenvalue weighted by molar-refractivity contribution is -0.112. The van der Waals surface area contributed by atoms with Gasteiger partial charge in [-0.3, -0.25) is 4.79 Å². The Morgan fingerprint density at radius 1 is 1.13 bits per heavy atom. The molecule has 1 aliphatic rings. The number of fused-ring (bicyclic) bond motifs is 1. The average Bonchev–Trinajstić information content (AvgIpc) is 3.31. The van der Waals surface area contributed by atoms with Gasteiger partial charge in [0.05, 0.1) is 0 Å². The number of benzene rings is 2. The van der Waals surface area contributed by atoms with Gasteiger partial charge in [-0.2, -0.15) is 5.26 Å². The smallest absolute Gasteiger partial charge is 0.266 e. The molecule has 2 heterocycles. The molecule has 4 rings (SSSR count). The fourth-order valence-electron chi connectivity index (χ4n) is 3.40. The van der Waals surface area contributed by atoms with Crippen LogP contribution in [0.15, 0.2) is 54.1 Å². The van der Waals surface area contributed by atoms with Crippen LogP contribution in [0.4, 0.5) is 5.69 Å². The van der Waals surface area contributed by atoms with Gasteiger partial charge in [-0.05, 0) is 68.0 Å². The minimum absolute atomic E-state index is 0.0194. The zero-order valence-corrected chi connectivity index (χ0v) is 16.5. The molecular weight excluding hydrogens is 382 g/mol. The Labute approximate surface area is 173 Å². The second-order valence-electron chi connectivity index (χ2n) is 6.87. The summed E-state index contributed by atoms with van der Waals surface area (Å²) in [6.07, 6.45) is 1.57. The maximum absolute atomic E-state index is 12.5. The third-order valence-electron chi connectivity index (χ3n) is 4.87. The number of carbonyl (C=O) groups excluding carboxylic acids is 1. The zero-order valence-electron chi connectivity index (χ0n) is 16.5. The summed E-state index contributed by atoms with van der Waals surface area (Å²) in [7, 11) is 0. The molecule has 0 atom stereocenters. The molecule has 1 amide bonds. The van der Waals surface area contributed by atoms with Crippen LogP contribution in [0, 0.1) is 25.2 Å². The van der Waals surface area contributed by atoms with Gasteiger partial charge < -0.3 is 24.5 Å². The molecule has 0 saturated carbocycles. The molecule has 7 heteroatoms. The van der Waals surface area contributed by atoms with Gasteiger partial charge in [0, 0.05) is 28.8 Å². The van der Waals surface area contributed by atoms with Crippen molar-refractivity contribution in [2.75, 3.05) is 12.1 Å². The topological polar surface area (TPSA) is 96.5 Å². The van der Waals surface area contributed by atoms with Crippen LogP contribution in [0.25, 0.3) is 11.8 Å². The molecular formula is C23H19N3O4. The molecule has 0 radical (unpaired) electrons. The Balaban J connectivity index is 1.64. The lowest BCUT2D eigenvalue weighted by Crippen LogP contribution is -2.13. The molecule has 0 bridgehead atoms. The van der Waals surface area contributed by atoms with E-state index in [2.05, 4.69) is 5.32 Å². The maximum atomic E-state index is 12.5. The minimum atomic E-state index is -0.518. The van der Waals surface area contributed by atoms with E-state index in [0.29, 0.717) is 17.2 Å². The molecule has 0 aliphatic carbocycles. The molecule has 1 aromatic heterocycles. The second kappa shape index (κ2) is 7.68. The molecule has 0 fully saturated rings. The summed E-state index contributed by atoms with van der Waals surface area (Å²) in [6, 6.07) is 15.6. The fourth-order valence-corrected chi connectivity index (χ4v) is 3.40. The Morgan fingerprint density at radius 3 is 2.60 bits per heavy atom. The quantitative estimate of drug-likeness (QED) is 0.390. The van der Waals surface area contributed by atoms with E-state index < -0.39 is 5.91 Å². The van der Waals surface area contributed by atoms with Crippen LogP contribution < -0.4 is 14.8 Å². The number of phenols is 1. The van der Waals surface area contributed by atoms with Crippen molar-refractivity contribution in [3.63, 3.8) is 0 Å². The zero-order chi connectivity index (χ0) is 21.3. The number of hydrogen-bond donors (Lipinski definition) is 2. The van der Waals surface area contributed by atoms with Crippen molar-refractivity contribution < 1.29 is 19.4 Å². The number of ether oxygens (including phenoxy) is 2. The van der Waals surface area contributed by atoms with Gasteiger partial charge in [0.25, 0.3) is 5.91 Å². The Bertz CT molecular complexity index is 1200. The number of hydrogen-bond acceptors (Lipinski definition) is 5. The first-order valence-electron chi connectivity index (χ1n) is 9.27. The molecule has 7 nitrogen and oxygen atoms in total. The number of anilines is 1. The van der Waals surface area contributed by atoms with E-state index >= 15 is 0 Å². The van der Waals surface area contributed by atoms with Gasteiger partial charge in [-0.1, -0.05) is 0 Å². The highest BCUT2D eigenvalue weighted by atomic mass is 16.7. The lowest BCUT2D eigenvalue weighted by atomic mass is 10.1.